The van der Waals surface area contributed by atoms with Gasteiger partial charge in [-0.3, -0.25) is 9.59 Å². The number of allylic oxidation sites excluding steroid dienone is 1. The molecule has 5 nitrogen and oxygen atoms in total. The van der Waals surface area contributed by atoms with Crippen LogP contribution in [0.3, 0.4) is 0 Å². The molecule has 1 heterocycles. The topological polar surface area (TPSA) is 55.8 Å². The van der Waals surface area contributed by atoms with Gasteiger partial charge in [0.25, 0.3) is 5.91 Å². The maximum atomic E-state index is 12.3. The second-order valence-electron chi connectivity index (χ2n) is 6.15. The van der Waals surface area contributed by atoms with Crippen molar-refractivity contribution in [2.45, 2.75) is 0 Å². The molecule has 0 spiro atoms. The SMILES string of the molecule is O=C(C=Cc1cccc(Cl)c1Cl)c1ccc(OCC(=O)N2CCOCC2)cc1. The van der Waals surface area contributed by atoms with Crippen LogP contribution < -0.4 is 4.74 Å². The van der Waals surface area contributed by atoms with Crippen LogP contribution in [-0.4, -0.2) is 49.5 Å². The van der Waals surface area contributed by atoms with Crippen molar-refractivity contribution in [2.24, 2.45) is 0 Å². The summed E-state index contributed by atoms with van der Waals surface area (Å²) in [5.74, 6) is 0.275. The number of ketones is 1. The van der Waals surface area contributed by atoms with E-state index in [4.69, 9.17) is 32.7 Å². The fourth-order valence-electron chi connectivity index (χ4n) is 2.68. The van der Waals surface area contributed by atoms with E-state index in [-0.39, 0.29) is 18.3 Å². The van der Waals surface area contributed by atoms with Gasteiger partial charge in [-0.2, -0.15) is 0 Å². The van der Waals surface area contributed by atoms with E-state index in [0.29, 0.717) is 53.2 Å². The summed E-state index contributed by atoms with van der Waals surface area (Å²) in [7, 11) is 0. The molecule has 1 fully saturated rings. The van der Waals surface area contributed by atoms with Crippen molar-refractivity contribution in [3.05, 3.63) is 69.7 Å². The van der Waals surface area contributed by atoms with Gasteiger partial charge < -0.3 is 14.4 Å². The van der Waals surface area contributed by atoms with E-state index in [2.05, 4.69) is 0 Å². The zero-order valence-electron chi connectivity index (χ0n) is 15.1. The molecular weight excluding hydrogens is 401 g/mol. The molecule has 2 aromatic rings. The van der Waals surface area contributed by atoms with E-state index in [1.807, 2.05) is 0 Å². The highest BCUT2D eigenvalue weighted by atomic mass is 35.5. The number of nitrogens with zero attached hydrogens (tertiary/aromatic N) is 1. The number of morpholine rings is 1. The summed E-state index contributed by atoms with van der Waals surface area (Å²) >= 11 is 12.1. The van der Waals surface area contributed by atoms with E-state index >= 15 is 0 Å². The zero-order chi connectivity index (χ0) is 19.9. The van der Waals surface area contributed by atoms with Gasteiger partial charge in [0.2, 0.25) is 0 Å². The summed E-state index contributed by atoms with van der Waals surface area (Å²) in [4.78, 5) is 26.1. The largest absolute Gasteiger partial charge is 0.484 e. The molecule has 1 aliphatic heterocycles. The predicted molar refractivity (Wildman–Crippen MR) is 109 cm³/mol. The van der Waals surface area contributed by atoms with Crippen molar-refractivity contribution in [3.8, 4) is 5.75 Å². The van der Waals surface area contributed by atoms with E-state index < -0.39 is 0 Å². The zero-order valence-corrected chi connectivity index (χ0v) is 16.6. The second kappa shape index (κ2) is 9.73. The van der Waals surface area contributed by atoms with Crippen LogP contribution in [-0.2, 0) is 9.53 Å². The number of benzene rings is 2. The van der Waals surface area contributed by atoms with Crippen molar-refractivity contribution in [2.75, 3.05) is 32.9 Å². The van der Waals surface area contributed by atoms with Gasteiger partial charge in [0.05, 0.1) is 23.3 Å². The standard InChI is InChI=1S/C21H19Cl2NO4/c22-18-3-1-2-16(21(18)23)6-9-19(25)15-4-7-17(8-5-15)28-14-20(26)24-10-12-27-13-11-24/h1-9H,10-14H2. The molecule has 1 amide bonds. The highest BCUT2D eigenvalue weighted by Gasteiger charge is 2.17. The molecule has 0 unspecified atom stereocenters. The molecule has 0 aliphatic carbocycles. The van der Waals surface area contributed by atoms with Gasteiger partial charge in [-0.25, -0.2) is 0 Å². The summed E-state index contributed by atoms with van der Waals surface area (Å²) in [5.41, 5.74) is 1.17. The summed E-state index contributed by atoms with van der Waals surface area (Å²) in [6.45, 7) is 2.23. The normalized spacial score (nSPS) is 14.3. The minimum absolute atomic E-state index is 0.0412. The number of amides is 1. The lowest BCUT2D eigenvalue weighted by molar-refractivity contribution is -0.137. The number of carbonyl (C=O) groups is 2. The quantitative estimate of drug-likeness (QED) is 0.521. The van der Waals surface area contributed by atoms with E-state index in [1.54, 1.807) is 53.4 Å². The van der Waals surface area contributed by atoms with Gasteiger partial charge in [-0.05, 0) is 48.0 Å². The lowest BCUT2D eigenvalue weighted by atomic mass is 10.1. The van der Waals surface area contributed by atoms with E-state index in [1.165, 1.54) is 6.08 Å². The Morgan fingerprint density at radius 2 is 1.79 bits per heavy atom. The Kier molecular flexibility index (Phi) is 7.09. The third kappa shape index (κ3) is 5.35. The average molecular weight is 420 g/mol. The summed E-state index contributed by atoms with van der Waals surface area (Å²) in [6, 6.07) is 11.9. The molecular formula is C21H19Cl2NO4. The summed E-state index contributed by atoms with van der Waals surface area (Å²) < 4.78 is 10.7. The monoisotopic (exact) mass is 419 g/mol. The molecule has 0 saturated carbocycles. The van der Waals surface area contributed by atoms with Crippen molar-refractivity contribution < 1.29 is 19.1 Å². The van der Waals surface area contributed by atoms with Gasteiger partial charge in [-0.1, -0.05) is 35.3 Å². The second-order valence-corrected chi connectivity index (χ2v) is 6.93. The van der Waals surface area contributed by atoms with Gasteiger partial charge in [0.1, 0.15) is 5.75 Å². The first kappa shape index (κ1) is 20.4. The highest BCUT2D eigenvalue weighted by molar-refractivity contribution is 6.42. The fourth-order valence-corrected chi connectivity index (χ4v) is 3.05. The van der Waals surface area contributed by atoms with Crippen LogP contribution in [0.2, 0.25) is 10.0 Å². The van der Waals surface area contributed by atoms with Gasteiger partial charge in [0.15, 0.2) is 12.4 Å². The molecule has 28 heavy (non-hydrogen) atoms. The molecule has 1 saturated heterocycles. The molecule has 0 bridgehead atoms. The number of hydrogen-bond acceptors (Lipinski definition) is 4. The number of halogens is 2. The van der Waals surface area contributed by atoms with Crippen molar-refractivity contribution >= 4 is 41.0 Å². The molecule has 3 rings (SSSR count). The molecule has 0 radical (unpaired) electrons. The highest BCUT2D eigenvalue weighted by Crippen LogP contribution is 2.26. The third-order valence-corrected chi connectivity index (χ3v) is 5.09. The number of rotatable bonds is 6. The van der Waals surface area contributed by atoms with Crippen LogP contribution in [0.25, 0.3) is 6.08 Å². The van der Waals surface area contributed by atoms with Crippen LogP contribution in [0.5, 0.6) is 5.75 Å². The number of carbonyl (C=O) groups excluding carboxylic acids is 2. The fraction of sp³-hybridized carbons (Fsp3) is 0.238. The minimum Gasteiger partial charge on any atom is -0.484 e. The molecule has 1 aliphatic rings. The van der Waals surface area contributed by atoms with Crippen LogP contribution >= 0.6 is 23.2 Å². The Bertz CT molecular complexity index is 874. The average Bonchev–Trinajstić information content (AvgIpc) is 2.74. The Balaban J connectivity index is 1.56. The predicted octanol–water partition coefficient (Wildman–Crippen LogP) is 4.13. The number of hydrogen-bond donors (Lipinski definition) is 0. The third-order valence-electron chi connectivity index (χ3n) is 4.26. The van der Waals surface area contributed by atoms with Gasteiger partial charge >= 0.3 is 0 Å². The van der Waals surface area contributed by atoms with Crippen LogP contribution in [0.1, 0.15) is 15.9 Å². The first-order valence-corrected chi connectivity index (χ1v) is 9.55. The Hall–Kier alpha value is -2.34. The summed E-state index contributed by atoms with van der Waals surface area (Å²) in [6.07, 6.45) is 3.07. The first-order valence-electron chi connectivity index (χ1n) is 8.79. The van der Waals surface area contributed by atoms with Crippen molar-refractivity contribution in [1.29, 1.82) is 0 Å². The van der Waals surface area contributed by atoms with Crippen molar-refractivity contribution in [3.63, 3.8) is 0 Å². The molecule has 2 aromatic carbocycles. The van der Waals surface area contributed by atoms with Crippen LogP contribution in [0.15, 0.2) is 48.5 Å². The van der Waals surface area contributed by atoms with Gasteiger partial charge in [0, 0.05) is 18.7 Å². The van der Waals surface area contributed by atoms with Gasteiger partial charge in [-0.15, -0.1) is 0 Å². The first-order chi connectivity index (χ1) is 13.5. The Morgan fingerprint density at radius 1 is 1.07 bits per heavy atom. The Labute approximate surface area is 173 Å². The molecule has 0 atom stereocenters. The summed E-state index contributed by atoms with van der Waals surface area (Å²) in [5, 5.41) is 0.839. The minimum atomic E-state index is -0.174. The smallest absolute Gasteiger partial charge is 0.260 e. The number of ether oxygens (including phenoxy) is 2. The maximum absolute atomic E-state index is 12.3. The molecule has 0 N–H and O–H groups in total. The molecule has 146 valence electrons. The van der Waals surface area contributed by atoms with E-state index in [9.17, 15) is 9.59 Å². The van der Waals surface area contributed by atoms with Crippen molar-refractivity contribution in [1.82, 2.24) is 4.90 Å². The van der Waals surface area contributed by atoms with E-state index in [0.717, 1.165) is 0 Å². The lowest BCUT2D eigenvalue weighted by Gasteiger charge is -2.26. The van der Waals surface area contributed by atoms with Crippen LogP contribution in [0, 0.1) is 0 Å². The lowest BCUT2D eigenvalue weighted by Crippen LogP contribution is -2.42. The molecule has 0 aromatic heterocycles. The van der Waals surface area contributed by atoms with Crippen LogP contribution in [0.4, 0.5) is 0 Å². The molecule has 7 heteroatoms. The Morgan fingerprint density at radius 3 is 2.50 bits per heavy atom. The maximum Gasteiger partial charge on any atom is 0.260 e.